The Bertz CT molecular complexity index is 1630. The van der Waals surface area contributed by atoms with Crippen molar-refractivity contribution in [1.82, 2.24) is 30.1 Å². The first-order valence-electron chi connectivity index (χ1n) is 14.4. The van der Waals surface area contributed by atoms with E-state index >= 15 is 0 Å². The second kappa shape index (κ2) is 12.6. The molecule has 4 aromatic rings. The smallest absolute Gasteiger partial charge is 0.338 e. The number of fused-ring (bicyclic) bond motifs is 1. The van der Waals surface area contributed by atoms with Crippen LogP contribution in [0.3, 0.4) is 0 Å². The van der Waals surface area contributed by atoms with Crippen molar-refractivity contribution >= 4 is 45.3 Å². The minimum Gasteiger partial charge on any atom is -0.492 e. The van der Waals surface area contributed by atoms with Crippen LogP contribution >= 0.6 is 0 Å². The second-order valence-electron chi connectivity index (χ2n) is 11.9. The average Bonchev–Trinajstić information content (AvgIpc) is 3.31. The molecule has 12 nitrogen and oxygen atoms in total. The number of nitrogens with zero attached hydrogens (tertiary/aromatic N) is 6. The van der Waals surface area contributed by atoms with Crippen LogP contribution in [0.4, 0.5) is 17.6 Å². The first-order chi connectivity index (χ1) is 20.5. The molecule has 1 aromatic carbocycles. The standard InChI is InChI=1S/C30H38N8O4S/c1-18-19(2)36-37-26(18)35-27-22-13-25(43(41)30(3,4)5)24(14-23(22)33-17-34-27)42-12-6-7-20-8-10-38(11-9-20)29-31-15-21(16-32-29)28(39)40/h13-17,20H,6-12H2,1-5H3,(H,39,40)(H2,33,34,35,36,37). The maximum atomic E-state index is 13.6. The number of aryl methyl sites for hydroxylation is 1. The minimum atomic E-state index is -1.34. The molecule has 1 aliphatic rings. The van der Waals surface area contributed by atoms with Crippen molar-refractivity contribution < 1.29 is 18.8 Å². The zero-order valence-corrected chi connectivity index (χ0v) is 26.0. The van der Waals surface area contributed by atoms with Gasteiger partial charge < -0.3 is 20.1 Å². The number of aromatic nitrogens is 6. The molecule has 3 aromatic heterocycles. The lowest BCUT2D eigenvalue weighted by Gasteiger charge is -2.32. The molecular formula is C30H38N8O4S. The van der Waals surface area contributed by atoms with Crippen LogP contribution in [-0.2, 0) is 10.8 Å². The summed E-state index contributed by atoms with van der Waals surface area (Å²) in [6.07, 6.45) is 8.08. The van der Waals surface area contributed by atoms with E-state index in [2.05, 4.69) is 40.3 Å². The highest BCUT2D eigenvalue weighted by molar-refractivity contribution is 7.86. The number of carbonyl (C=O) groups is 1. The Balaban J connectivity index is 1.24. The molecule has 4 heterocycles. The monoisotopic (exact) mass is 606 g/mol. The zero-order valence-electron chi connectivity index (χ0n) is 25.2. The van der Waals surface area contributed by atoms with Gasteiger partial charge in [-0.05, 0) is 72.3 Å². The van der Waals surface area contributed by atoms with Gasteiger partial charge in [0.25, 0.3) is 0 Å². The number of anilines is 3. The average molecular weight is 607 g/mol. The van der Waals surface area contributed by atoms with Gasteiger partial charge in [0.15, 0.2) is 5.82 Å². The molecule has 0 radical (unpaired) electrons. The Morgan fingerprint density at radius 2 is 1.84 bits per heavy atom. The van der Waals surface area contributed by atoms with Crippen LogP contribution in [0, 0.1) is 19.8 Å². The van der Waals surface area contributed by atoms with Gasteiger partial charge >= 0.3 is 5.97 Å². The molecule has 0 amide bonds. The van der Waals surface area contributed by atoms with Gasteiger partial charge in [-0.2, -0.15) is 5.10 Å². The van der Waals surface area contributed by atoms with E-state index in [1.165, 1.54) is 18.7 Å². The summed E-state index contributed by atoms with van der Waals surface area (Å²) in [7, 11) is -1.34. The van der Waals surface area contributed by atoms with Crippen molar-refractivity contribution in [3.63, 3.8) is 0 Å². The Hall–Kier alpha value is -4.13. The quantitative estimate of drug-likeness (QED) is 0.204. The highest BCUT2D eigenvalue weighted by atomic mass is 32.2. The maximum absolute atomic E-state index is 13.6. The number of benzene rings is 1. The molecule has 228 valence electrons. The number of carboxylic acid groups (broad SMARTS) is 1. The number of hydrogen-bond donors (Lipinski definition) is 3. The molecule has 1 saturated heterocycles. The number of aromatic carboxylic acids is 1. The van der Waals surface area contributed by atoms with Crippen molar-refractivity contribution in [2.45, 2.75) is 69.9 Å². The number of hydrogen-bond acceptors (Lipinski definition) is 10. The molecule has 43 heavy (non-hydrogen) atoms. The van der Waals surface area contributed by atoms with Crippen LogP contribution in [-0.4, -0.2) is 69.9 Å². The van der Waals surface area contributed by atoms with Crippen molar-refractivity contribution in [3.05, 3.63) is 47.7 Å². The summed E-state index contributed by atoms with van der Waals surface area (Å²) in [6, 6.07) is 3.74. The van der Waals surface area contributed by atoms with E-state index in [0.717, 1.165) is 55.4 Å². The minimum absolute atomic E-state index is 0.0863. The Morgan fingerprint density at radius 1 is 1.12 bits per heavy atom. The lowest BCUT2D eigenvalue weighted by molar-refractivity contribution is 0.0696. The van der Waals surface area contributed by atoms with E-state index in [-0.39, 0.29) is 5.56 Å². The fourth-order valence-corrected chi connectivity index (χ4v) is 6.23. The number of carboxylic acids is 1. The van der Waals surface area contributed by atoms with Gasteiger partial charge in [0.05, 0.1) is 33.4 Å². The van der Waals surface area contributed by atoms with Gasteiger partial charge in [0, 0.05) is 52.9 Å². The maximum Gasteiger partial charge on any atom is 0.338 e. The molecule has 1 aliphatic heterocycles. The molecule has 0 bridgehead atoms. The van der Waals surface area contributed by atoms with Gasteiger partial charge in [-0.25, -0.2) is 24.7 Å². The predicted molar refractivity (Wildman–Crippen MR) is 166 cm³/mol. The summed E-state index contributed by atoms with van der Waals surface area (Å²) in [4.78, 5) is 31.2. The summed E-state index contributed by atoms with van der Waals surface area (Å²) < 4.78 is 19.4. The third kappa shape index (κ3) is 6.93. The molecule has 0 aliphatic carbocycles. The third-order valence-electron chi connectivity index (χ3n) is 7.74. The highest BCUT2D eigenvalue weighted by Gasteiger charge is 2.26. The number of aromatic amines is 1. The summed E-state index contributed by atoms with van der Waals surface area (Å²) in [6.45, 7) is 11.9. The second-order valence-corrected chi connectivity index (χ2v) is 14.1. The van der Waals surface area contributed by atoms with Crippen molar-refractivity contribution in [2.24, 2.45) is 5.92 Å². The molecule has 1 atom stereocenters. The number of rotatable bonds is 10. The van der Waals surface area contributed by atoms with E-state index in [0.29, 0.717) is 46.3 Å². The van der Waals surface area contributed by atoms with Gasteiger partial charge in [-0.1, -0.05) is 0 Å². The van der Waals surface area contributed by atoms with Gasteiger partial charge in [-0.15, -0.1) is 0 Å². The van der Waals surface area contributed by atoms with Gasteiger partial charge in [0.2, 0.25) is 5.95 Å². The topological polar surface area (TPSA) is 159 Å². The molecule has 5 rings (SSSR count). The molecule has 1 fully saturated rings. The first kappa shape index (κ1) is 30.3. The van der Waals surface area contributed by atoms with Crippen molar-refractivity contribution in [1.29, 1.82) is 0 Å². The van der Waals surface area contributed by atoms with Crippen LogP contribution in [0.5, 0.6) is 5.75 Å². The van der Waals surface area contributed by atoms with E-state index in [4.69, 9.17) is 9.84 Å². The lowest BCUT2D eigenvalue weighted by Crippen LogP contribution is -2.35. The fourth-order valence-electron chi connectivity index (χ4n) is 5.04. The Kier molecular flexibility index (Phi) is 8.90. The van der Waals surface area contributed by atoms with Crippen LogP contribution in [0.1, 0.15) is 68.1 Å². The number of ether oxygens (including phenoxy) is 1. The van der Waals surface area contributed by atoms with Crippen LogP contribution < -0.4 is 15.0 Å². The predicted octanol–water partition coefficient (Wildman–Crippen LogP) is 5.18. The van der Waals surface area contributed by atoms with Gasteiger partial charge in [-0.3, -0.25) is 9.31 Å². The molecule has 0 spiro atoms. The summed E-state index contributed by atoms with van der Waals surface area (Å²) in [5.74, 6) is 1.94. The molecule has 1 unspecified atom stereocenters. The number of H-pyrrole nitrogens is 1. The van der Waals surface area contributed by atoms with Crippen LogP contribution in [0.25, 0.3) is 10.9 Å². The van der Waals surface area contributed by atoms with E-state index in [9.17, 15) is 9.00 Å². The lowest BCUT2D eigenvalue weighted by atomic mass is 9.92. The largest absolute Gasteiger partial charge is 0.492 e. The summed E-state index contributed by atoms with van der Waals surface area (Å²) in [5.41, 5.74) is 2.75. The van der Waals surface area contributed by atoms with Crippen LogP contribution in [0.2, 0.25) is 0 Å². The number of piperidine rings is 1. The van der Waals surface area contributed by atoms with E-state index < -0.39 is 21.5 Å². The number of nitrogens with one attached hydrogen (secondary N) is 2. The SMILES string of the molecule is Cc1[nH]nc(Nc2ncnc3cc(OCCCC4CCN(c5ncc(C(=O)O)cn5)CC4)c(S(=O)C(C)(C)C)cc23)c1C. The Labute approximate surface area is 253 Å². The molecule has 0 saturated carbocycles. The first-order valence-corrected chi connectivity index (χ1v) is 15.6. The zero-order chi connectivity index (χ0) is 30.7. The summed E-state index contributed by atoms with van der Waals surface area (Å²) in [5, 5.41) is 20.4. The molecular weight excluding hydrogens is 568 g/mol. The Morgan fingerprint density at radius 3 is 2.47 bits per heavy atom. The van der Waals surface area contributed by atoms with E-state index in [1.54, 1.807) is 0 Å². The van der Waals surface area contributed by atoms with Crippen molar-refractivity contribution in [3.8, 4) is 5.75 Å². The van der Waals surface area contributed by atoms with E-state index in [1.807, 2.05) is 46.8 Å². The summed E-state index contributed by atoms with van der Waals surface area (Å²) >= 11 is 0. The van der Waals surface area contributed by atoms with Crippen molar-refractivity contribution in [2.75, 3.05) is 29.9 Å². The molecule has 13 heteroatoms. The van der Waals surface area contributed by atoms with Gasteiger partial charge in [0.1, 0.15) is 17.9 Å². The molecule has 3 N–H and O–H groups in total. The third-order valence-corrected chi connectivity index (χ3v) is 9.57. The van der Waals surface area contributed by atoms with Crippen LogP contribution in [0.15, 0.2) is 35.7 Å². The fraction of sp³-hybridized carbons (Fsp3) is 0.467. The normalized spacial score (nSPS) is 15.0. The highest BCUT2D eigenvalue weighted by Crippen LogP contribution is 2.35.